The van der Waals surface area contributed by atoms with E-state index in [1.165, 1.54) is 12.4 Å². The number of nitrogens with two attached hydrogens (primary N) is 1. The molecular formula is C30H26N6O3. The molecule has 9 nitrogen and oxygen atoms in total. The number of nitrogens with one attached hydrogen (secondary N) is 3. The van der Waals surface area contributed by atoms with Crippen LogP contribution in [0.2, 0.25) is 0 Å². The molecule has 4 aromatic carbocycles. The maximum absolute atomic E-state index is 13.0. The van der Waals surface area contributed by atoms with Crippen molar-refractivity contribution in [1.82, 2.24) is 9.97 Å². The number of fused-ring (bicyclic) bond motifs is 1. The van der Waals surface area contributed by atoms with Crippen LogP contribution in [0.4, 0.5) is 28.7 Å². The summed E-state index contributed by atoms with van der Waals surface area (Å²) < 4.78 is 5.26. The molecule has 5 N–H and O–H groups in total. The largest absolute Gasteiger partial charge is 0.497 e. The Morgan fingerprint density at radius 2 is 1.51 bits per heavy atom. The Labute approximate surface area is 225 Å². The Balaban J connectivity index is 1.26. The summed E-state index contributed by atoms with van der Waals surface area (Å²) in [6.45, 7) is 1.83. The minimum Gasteiger partial charge on any atom is -0.497 e. The average molecular weight is 519 g/mol. The lowest BCUT2D eigenvalue weighted by Gasteiger charge is -2.12. The number of carbonyl (C=O) groups is 2. The van der Waals surface area contributed by atoms with Crippen LogP contribution in [0.15, 0.2) is 91.3 Å². The van der Waals surface area contributed by atoms with Crippen molar-refractivity contribution < 1.29 is 14.3 Å². The van der Waals surface area contributed by atoms with Crippen molar-refractivity contribution in [2.75, 3.05) is 28.8 Å². The van der Waals surface area contributed by atoms with Crippen molar-refractivity contribution >= 4 is 51.3 Å². The highest BCUT2D eigenvalue weighted by molar-refractivity contribution is 6.09. The van der Waals surface area contributed by atoms with Crippen molar-refractivity contribution in [3.8, 4) is 5.75 Å². The number of nitrogens with zero attached hydrogens (tertiary/aromatic N) is 2. The monoisotopic (exact) mass is 518 g/mol. The lowest BCUT2D eigenvalue weighted by atomic mass is 10.1. The molecule has 0 atom stereocenters. The van der Waals surface area contributed by atoms with E-state index >= 15 is 0 Å². The van der Waals surface area contributed by atoms with Gasteiger partial charge in [-0.25, -0.2) is 9.97 Å². The molecule has 0 unspecified atom stereocenters. The second-order valence-electron chi connectivity index (χ2n) is 8.91. The first-order chi connectivity index (χ1) is 18.9. The summed E-state index contributed by atoms with van der Waals surface area (Å²) in [4.78, 5) is 34.5. The number of ether oxygens (including phenoxy) is 1. The molecule has 0 spiro atoms. The molecule has 0 aliphatic rings. The Kier molecular flexibility index (Phi) is 7.05. The van der Waals surface area contributed by atoms with Gasteiger partial charge in [-0.1, -0.05) is 24.3 Å². The predicted molar refractivity (Wildman–Crippen MR) is 154 cm³/mol. The summed E-state index contributed by atoms with van der Waals surface area (Å²) in [6, 6.07) is 23.5. The second kappa shape index (κ2) is 10.9. The standard InChI is InChI=1S/C30H26N6O3/c1-18-6-10-24(34-28(37)21-8-7-20-13-26(39-2)11-9-19(20)12-21)15-27(18)29(38)35-25-16-32-30(33-17-25)36-23-5-3-4-22(31)14-23/h3-17H,31H2,1-2H3,(H,34,37)(H,35,38)(H,32,33,36). The zero-order valence-electron chi connectivity index (χ0n) is 21.4. The number of carbonyl (C=O) groups excluding carboxylic acids is 2. The number of rotatable bonds is 7. The van der Waals surface area contributed by atoms with E-state index in [4.69, 9.17) is 10.5 Å². The summed E-state index contributed by atoms with van der Waals surface area (Å²) in [5, 5.41) is 10.6. The number of methoxy groups -OCH3 is 1. The molecule has 9 heteroatoms. The molecule has 0 radical (unpaired) electrons. The number of nitrogen functional groups attached to an aromatic ring is 1. The number of benzene rings is 4. The van der Waals surface area contributed by atoms with Gasteiger partial charge >= 0.3 is 0 Å². The third-order valence-electron chi connectivity index (χ3n) is 6.10. The first-order valence-electron chi connectivity index (χ1n) is 12.1. The molecule has 5 aromatic rings. The molecule has 1 aromatic heterocycles. The van der Waals surface area contributed by atoms with E-state index in [-0.39, 0.29) is 11.8 Å². The number of amides is 2. The molecule has 0 bridgehead atoms. The van der Waals surface area contributed by atoms with Gasteiger partial charge < -0.3 is 26.4 Å². The van der Waals surface area contributed by atoms with Crippen molar-refractivity contribution in [1.29, 1.82) is 0 Å². The third kappa shape index (κ3) is 5.94. The van der Waals surface area contributed by atoms with Gasteiger partial charge in [-0.2, -0.15) is 0 Å². The van der Waals surface area contributed by atoms with Crippen molar-refractivity contribution in [3.63, 3.8) is 0 Å². The van der Waals surface area contributed by atoms with Crippen LogP contribution in [-0.4, -0.2) is 28.9 Å². The summed E-state index contributed by atoms with van der Waals surface area (Å²) in [6.07, 6.45) is 3.02. The van der Waals surface area contributed by atoms with E-state index in [0.29, 0.717) is 34.1 Å². The normalized spacial score (nSPS) is 10.6. The lowest BCUT2D eigenvalue weighted by molar-refractivity contribution is 0.101. The number of hydrogen-bond donors (Lipinski definition) is 4. The number of hydrogen-bond acceptors (Lipinski definition) is 7. The molecule has 0 aliphatic carbocycles. The van der Waals surface area contributed by atoms with Crippen LogP contribution in [0.25, 0.3) is 10.8 Å². The zero-order chi connectivity index (χ0) is 27.4. The van der Waals surface area contributed by atoms with Gasteiger partial charge in [0, 0.05) is 28.2 Å². The van der Waals surface area contributed by atoms with Crippen LogP contribution in [-0.2, 0) is 0 Å². The highest BCUT2D eigenvalue weighted by atomic mass is 16.5. The van der Waals surface area contributed by atoms with Crippen LogP contribution in [0.5, 0.6) is 5.75 Å². The predicted octanol–water partition coefficient (Wildman–Crippen LogP) is 5.78. The molecule has 2 amide bonds. The Morgan fingerprint density at radius 3 is 2.28 bits per heavy atom. The van der Waals surface area contributed by atoms with Crippen LogP contribution < -0.4 is 26.4 Å². The maximum atomic E-state index is 13.0. The molecule has 194 valence electrons. The van der Waals surface area contributed by atoms with E-state index in [2.05, 4.69) is 25.9 Å². The molecular weight excluding hydrogens is 492 g/mol. The highest BCUT2D eigenvalue weighted by Crippen LogP contribution is 2.23. The molecule has 39 heavy (non-hydrogen) atoms. The lowest BCUT2D eigenvalue weighted by Crippen LogP contribution is -2.16. The van der Waals surface area contributed by atoms with Gasteiger partial charge in [0.1, 0.15) is 5.75 Å². The first kappa shape index (κ1) is 25.2. The number of aromatic nitrogens is 2. The number of anilines is 5. The van der Waals surface area contributed by atoms with E-state index in [9.17, 15) is 9.59 Å². The van der Waals surface area contributed by atoms with E-state index < -0.39 is 0 Å². The zero-order valence-corrected chi connectivity index (χ0v) is 21.4. The highest BCUT2D eigenvalue weighted by Gasteiger charge is 2.14. The Hall–Kier alpha value is -5.44. The fraction of sp³-hybridized carbons (Fsp3) is 0.0667. The summed E-state index contributed by atoms with van der Waals surface area (Å²) in [7, 11) is 1.62. The smallest absolute Gasteiger partial charge is 0.256 e. The van der Waals surface area contributed by atoms with Gasteiger partial charge in [0.05, 0.1) is 25.2 Å². The van der Waals surface area contributed by atoms with Crippen LogP contribution in [0, 0.1) is 6.92 Å². The fourth-order valence-corrected chi connectivity index (χ4v) is 4.04. The summed E-state index contributed by atoms with van der Waals surface area (Å²) in [5.74, 6) is 0.498. The van der Waals surface area contributed by atoms with Crippen molar-refractivity contribution in [3.05, 3.63) is 108 Å². The molecule has 0 fully saturated rings. The average Bonchev–Trinajstić information content (AvgIpc) is 2.94. The van der Waals surface area contributed by atoms with Gasteiger partial charge in [0.2, 0.25) is 5.95 Å². The molecule has 1 heterocycles. The SMILES string of the molecule is COc1ccc2cc(C(=O)Nc3ccc(C)c(C(=O)Nc4cnc(Nc5cccc(N)c5)nc4)c3)ccc2c1. The van der Waals surface area contributed by atoms with Crippen LogP contribution in [0.3, 0.4) is 0 Å². The molecule has 0 saturated carbocycles. The van der Waals surface area contributed by atoms with Gasteiger partial charge in [0.15, 0.2) is 0 Å². The minimum absolute atomic E-state index is 0.278. The number of aryl methyl sites for hydroxylation is 1. The topological polar surface area (TPSA) is 131 Å². The van der Waals surface area contributed by atoms with Gasteiger partial charge in [-0.15, -0.1) is 0 Å². The Morgan fingerprint density at radius 1 is 0.769 bits per heavy atom. The van der Waals surface area contributed by atoms with Crippen molar-refractivity contribution in [2.24, 2.45) is 0 Å². The van der Waals surface area contributed by atoms with Gasteiger partial charge in [0.25, 0.3) is 11.8 Å². The molecule has 0 aliphatic heterocycles. The van der Waals surface area contributed by atoms with Crippen molar-refractivity contribution in [2.45, 2.75) is 6.92 Å². The van der Waals surface area contributed by atoms with Crippen LogP contribution in [0.1, 0.15) is 26.3 Å². The minimum atomic E-state index is -0.344. The summed E-state index contributed by atoms with van der Waals surface area (Å²) >= 11 is 0. The van der Waals surface area contributed by atoms with E-state index in [1.54, 1.807) is 43.5 Å². The van der Waals surface area contributed by atoms with E-state index in [1.807, 2.05) is 49.4 Å². The van der Waals surface area contributed by atoms with E-state index in [0.717, 1.165) is 27.8 Å². The van der Waals surface area contributed by atoms with Gasteiger partial charge in [-0.05, 0) is 77.9 Å². The molecule has 0 saturated heterocycles. The van der Waals surface area contributed by atoms with Crippen LogP contribution >= 0.6 is 0 Å². The fourth-order valence-electron chi connectivity index (χ4n) is 4.04. The first-order valence-corrected chi connectivity index (χ1v) is 12.1. The van der Waals surface area contributed by atoms with Gasteiger partial charge in [-0.3, -0.25) is 9.59 Å². The second-order valence-corrected chi connectivity index (χ2v) is 8.91. The molecule has 5 rings (SSSR count). The maximum Gasteiger partial charge on any atom is 0.256 e. The summed E-state index contributed by atoms with van der Waals surface area (Å²) in [5.41, 5.74) is 9.78. The Bertz CT molecular complexity index is 1680. The third-order valence-corrected chi connectivity index (χ3v) is 6.10. The quantitative estimate of drug-likeness (QED) is 0.201.